The van der Waals surface area contributed by atoms with Gasteiger partial charge in [0.05, 0.1) is 34.4 Å². The highest BCUT2D eigenvalue weighted by Crippen LogP contribution is 2.38. The molecule has 2 fully saturated rings. The minimum atomic E-state index is -6.00. The highest BCUT2D eigenvalue weighted by Gasteiger charge is 2.48. The first-order valence-electron chi connectivity index (χ1n) is 21.8. The summed E-state index contributed by atoms with van der Waals surface area (Å²) in [5.74, 6) is 0.382. The van der Waals surface area contributed by atoms with Crippen LogP contribution in [0.1, 0.15) is 19.3 Å². The number of imidazole rings is 1. The maximum absolute atomic E-state index is 14.2. The van der Waals surface area contributed by atoms with Crippen LogP contribution in [0.5, 0.6) is 0 Å². The molecule has 8 rings (SSSR count). The average Bonchev–Trinajstić information content (AvgIpc) is 3.71. The number of halogens is 4. The predicted octanol–water partition coefficient (Wildman–Crippen LogP) is 9.25. The molecule has 19 heteroatoms. The maximum atomic E-state index is 14.2. The van der Waals surface area contributed by atoms with Crippen molar-refractivity contribution in [1.29, 1.82) is 0 Å². The van der Waals surface area contributed by atoms with Crippen LogP contribution in [0.15, 0.2) is 142 Å². The summed E-state index contributed by atoms with van der Waals surface area (Å²) < 4.78 is 101. The number of hydrogen-bond acceptors (Lipinski definition) is 11. The van der Waals surface area contributed by atoms with Crippen LogP contribution in [0, 0.1) is 0 Å². The molecule has 2 aliphatic rings. The molecule has 1 atom stereocenters. The van der Waals surface area contributed by atoms with E-state index in [9.17, 15) is 35.1 Å². The lowest BCUT2D eigenvalue weighted by molar-refractivity contribution is -0.0435. The molecule has 6 aromatic rings. The van der Waals surface area contributed by atoms with E-state index in [0.29, 0.717) is 81.9 Å². The number of piperazine rings is 1. The SMILES string of the molecule is Cn1cnc(-c2cccc(N3CCN(c4ccc(NS(=O)(=O)c5ccc(N[C@H](CCN6CCC(O)CC6)CSc6ccccc6)c(S(=O)(=O)C(F)(F)F)c5)cc4)CC3)c2)c1-c1ccc(Cl)cc1. The van der Waals surface area contributed by atoms with Crippen molar-refractivity contribution in [2.45, 2.75) is 51.6 Å². The predicted molar refractivity (Wildman–Crippen MR) is 261 cm³/mol. The third-order valence-corrected chi connectivity index (χ3v) is 16.4. The molecule has 12 nitrogen and oxygen atoms in total. The molecule has 0 aliphatic carbocycles. The second kappa shape index (κ2) is 20.5. The van der Waals surface area contributed by atoms with E-state index in [2.05, 4.69) is 36.9 Å². The molecule has 0 saturated carbocycles. The van der Waals surface area contributed by atoms with Gasteiger partial charge in [0.25, 0.3) is 19.9 Å². The number of hydrogen-bond donors (Lipinski definition) is 3. The minimum absolute atomic E-state index is 0.150. The number of aliphatic hydroxyl groups is 1. The van der Waals surface area contributed by atoms with Crippen LogP contribution in [-0.2, 0) is 26.9 Å². The van der Waals surface area contributed by atoms with Crippen LogP contribution in [0.4, 0.5) is 35.9 Å². The van der Waals surface area contributed by atoms with Crippen molar-refractivity contribution in [2.24, 2.45) is 7.05 Å². The summed E-state index contributed by atoms with van der Waals surface area (Å²) in [6, 6.07) is 34.3. The molecule has 0 unspecified atom stereocenters. The third-order valence-electron chi connectivity index (χ3n) is 12.1. The zero-order valence-corrected chi connectivity index (χ0v) is 39.8. The number of thioether (sulfide) groups is 1. The number of likely N-dealkylation sites (tertiary alicyclic amines) is 1. The number of alkyl halides is 3. The van der Waals surface area contributed by atoms with E-state index in [0.717, 1.165) is 50.9 Å². The number of aromatic nitrogens is 2. The first-order chi connectivity index (χ1) is 32.0. The van der Waals surface area contributed by atoms with E-state index < -0.39 is 41.2 Å². The van der Waals surface area contributed by atoms with Gasteiger partial charge in [0.2, 0.25) is 0 Å². The lowest BCUT2D eigenvalue weighted by Gasteiger charge is -2.37. The fourth-order valence-corrected chi connectivity index (χ4v) is 11.6. The van der Waals surface area contributed by atoms with E-state index in [1.54, 1.807) is 30.6 Å². The van der Waals surface area contributed by atoms with Gasteiger partial charge in [0, 0.05) is 103 Å². The quantitative estimate of drug-likeness (QED) is 0.0800. The summed E-state index contributed by atoms with van der Waals surface area (Å²) in [5, 5.41) is 13.7. The van der Waals surface area contributed by atoms with Crippen molar-refractivity contribution < 1.29 is 35.1 Å². The molecule has 3 N–H and O–H groups in total. The van der Waals surface area contributed by atoms with Gasteiger partial charge in [-0.1, -0.05) is 54.1 Å². The van der Waals surface area contributed by atoms with E-state index in [-0.39, 0.29) is 17.5 Å². The Balaban J connectivity index is 0.942. The molecule has 0 radical (unpaired) electrons. The van der Waals surface area contributed by atoms with Gasteiger partial charge in [0.15, 0.2) is 0 Å². The van der Waals surface area contributed by atoms with Gasteiger partial charge in [-0.25, -0.2) is 21.8 Å². The number of sulfone groups is 1. The molecule has 2 aliphatic heterocycles. The van der Waals surface area contributed by atoms with E-state index in [1.165, 1.54) is 11.8 Å². The molecule has 0 bridgehead atoms. The third kappa shape index (κ3) is 11.6. The van der Waals surface area contributed by atoms with Crippen molar-refractivity contribution in [3.05, 3.63) is 133 Å². The second-order valence-electron chi connectivity index (χ2n) is 16.7. The monoisotopic (exact) mass is 993 g/mol. The number of benzene rings is 5. The Morgan fingerprint density at radius 3 is 2.13 bits per heavy atom. The standard InChI is InChI=1S/C48H51ClF3N7O5S3/c1-56-33-53-46(47(56)34-10-12-36(49)13-11-34)35-6-5-7-40(30-35)59-28-26-58(27-29-59)39-16-14-37(15-17-39)55-67(63,64)43-18-19-44(45(31-43)66(61,62)48(50,51)52)54-38(32-65-42-8-3-2-4-9-42)20-23-57-24-21-41(60)22-25-57/h2-19,30-31,33,38,41,54-55,60H,20-29,32H2,1H3/t38-/m1/s1. The lowest BCUT2D eigenvalue weighted by atomic mass is 10.0. The first-order valence-corrected chi connectivity index (χ1v) is 26.2. The topological polar surface area (TPSA) is 140 Å². The Kier molecular flexibility index (Phi) is 14.8. The summed E-state index contributed by atoms with van der Waals surface area (Å²) in [4.78, 5) is 10.5. The number of nitrogens with zero attached hydrogens (tertiary/aromatic N) is 5. The molecule has 5 aromatic carbocycles. The number of piperidine rings is 1. The van der Waals surface area contributed by atoms with Gasteiger partial charge in [-0.2, -0.15) is 13.2 Å². The van der Waals surface area contributed by atoms with Crippen LogP contribution in [0.3, 0.4) is 0 Å². The van der Waals surface area contributed by atoms with Crippen molar-refractivity contribution in [3.63, 3.8) is 0 Å². The molecule has 0 spiro atoms. The van der Waals surface area contributed by atoms with Crippen molar-refractivity contribution in [3.8, 4) is 22.5 Å². The van der Waals surface area contributed by atoms with E-state index >= 15 is 0 Å². The van der Waals surface area contributed by atoms with Crippen molar-refractivity contribution in [1.82, 2.24) is 14.5 Å². The second-order valence-corrected chi connectivity index (χ2v) is 21.8. The highest BCUT2D eigenvalue weighted by molar-refractivity contribution is 7.99. The van der Waals surface area contributed by atoms with Crippen LogP contribution >= 0.6 is 23.4 Å². The molecule has 1 aromatic heterocycles. The van der Waals surface area contributed by atoms with Gasteiger partial charge in [-0.3, -0.25) is 4.72 Å². The normalized spacial score (nSPS) is 16.0. The Morgan fingerprint density at radius 2 is 1.46 bits per heavy atom. The minimum Gasteiger partial charge on any atom is -0.393 e. The lowest BCUT2D eigenvalue weighted by Crippen LogP contribution is -2.46. The van der Waals surface area contributed by atoms with Crippen LogP contribution < -0.4 is 19.8 Å². The Labute approximate surface area is 398 Å². The molecular formula is C48H51ClF3N7O5S3. The molecule has 3 heterocycles. The van der Waals surface area contributed by atoms with Gasteiger partial charge < -0.3 is 29.7 Å². The number of aliphatic hydroxyl groups excluding tert-OH is 1. The summed E-state index contributed by atoms with van der Waals surface area (Å²) in [7, 11) is -8.59. The number of anilines is 4. The zero-order chi connectivity index (χ0) is 47.3. The first kappa shape index (κ1) is 48.2. The molecule has 0 amide bonds. The largest absolute Gasteiger partial charge is 0.501 e. The zero-order valence-electron chi connectivity index (χ0n) is 36.6. The van der Waals surface area contributed by atoms with Crippen LogP contribution in [0.25, 0.3) is 22.5 Å². The van der Waals surface area contributed by atoms with Crippen LogP contribution in [0.2, 0.25) is 5.02 Å². The fourth-order valence-electron chi connectivity index (χ4n) is 8.36. The molecular weight excluding hydrogens is 943 g/mol. The molecule has 354 valence electrons. The summed E-state index contributed by atoms with van der Waals surface area (Å²) in [6.07, 6.45) is 3.08. The van der Waals surface area contributed by atoms with Gasteiger partial charge in [0.1, 0.15) is 4.90 Å². The highest BCUT2D eigenvalue weighted by atomic mass is 35.5. The van der Waals surface area contributed by atoms with Gasteiger partial charge in [-0.15, -0.1) is 11.8 Å². The smallest absolute Gasteiger partial charge is 0.393 e. The summed E-state index contributed by atoms with van der Waals surface area (Å²) >= 11 is 7.62. The summed E-state index contributed by atoms with van der Waals surface area (Å²) in [5.41, 5.74) is -0.155. The maximum Gasteiger partial charge on any atom is 0.501 e. The van der Waals surface area contributed by atoms with E-state index in [1.807, 2.05) is 78.3 Å². The van der Waals surface area contributed by atoms with E-state index in [4.69, 9.17) is 16.6 Å². The fraction of sp³-hybridized carbons (Fsp3) is 0.312. The summed E-state index contributed by atoms with van der Waals surface area (Å²) in [6.45, 7) is 4.67. The number of nitrogens with one attached hydrogen (secondary N) is 2. The van der Waals surface area contributed by atoms with Crippen molar-refractivity contribution >= 4 is 66.0 Å². The number of sulfonamides is 1. The van der Waals surface area contributed by atoms with Gasteiger partial charge in [-0.05, 0) is 98.1 Å². The number of rotatable bonds is 16. The Hall–Kier alpha value is -5.24. The molecule has 2 saturated heterocycles. The Morgan fingerprint density at radius 1 is 0.791 bits per heavy atom. The average molecular weight is 995 g/mol. The number of aryl methyl sites for hydroxylation is 1. The molecule has 67 heavy (non-hydrogen) atoms. The van der Waals surface area contributed by atoms with Crippen LogP contribution in [-0.4, -0.2) is 106 Å². The van der Waals surface area contributed by atoms with Gasteiger partial charge >= 0.3 is 5.51 Å². The Bertz CT molecular complexity index is 2860. The van der Waals surface area contributed by atoms with Crippen molar-refractivity contribution in [2.75, 3.05) is 71.4 Å².